The Morgan fingerprint density at radius 1 is 1.17 bits per heavy atom. The van der Waals surface area contributed by atoms with Gasteiger partial charge in [0.15, 0.2) is 4.96 Å². The normalized spacial score (nSPS) is 11.9. The van der Waals surface area contributed by atoms with E-state index in [1.165, 1.54) is 21.3 Å². The third-order valence-electron chi connectivity index (χ3n) is 3.13. The van der Waals surface area contributed by atoms with Gasteiger partial charge in [-0.2, -0.15) is 0 Å². The minimum Gasteiger partial charge on any atom is -0.283 e. The number of fused-ring (bicyclic) bond motifs is 5. The molecule has 0 aliphatic carbocycles. The predicted octanol–water partition coefficient (Wildman–Crippen LogP) is 4.77. The lowest BCUT2D eigenvalue weighted by Crippen LogP contribution is -1.82. The van der Waals surface area contributed by atoms with Gasteiger partial charge in [-0.3, -0.25) is 4.40 Å². The van der Waals surface area contributed by atoms with Crippen molar-refractivity contribution in [1.82, 2.24) is 9.38 Å². The summed E-state index contributed by atoms with van der Waals surface area (Å²) in [5.41, 5.74) is 4.72. The van der Waals surface area contributed by atoms with E-state index in [2.05, 4.69) is 62.6 Å². The molecule has 4 heteroatoms. The first-order valence-electron chi connectivity index (χ1n) is 5.70. The standard InChI is InChI=1S/C14H9BrN2S/c1-8-6-9(15)13-12(7-8)17-11-5-3-2-4-10(11)16-14(17)18-13/h2-7H,1H3. The quantitative estimate of drug-likeness (QED) is 0.456. The fourth-order valence-corrected chi connectivity index (χ4v) is 4.21. The number of aryl methyl sites for hydroxylation is 1. The third-order valence-corrected chi connectivity index (χ3v) is 5.11. The maximum absolute atomic E-state index is 4.68. The van der Waals surface area contributed by atoms with Crippen LogP contribution in [0.25, 0.3) is 26.2 Å². The third kappa shape index (κ3) is 1.30. The van der Waals surface area contributed by atoms with Crippen LogP contribution in [0.4, 0.5) is 0 Å². The summed E-state index contributed by atoms with van der Waals surface area (Å²) < 4.78 is 4.65. The molecule has 0 fully saturated rings. The van der Waals surface area contributed by atoms with Crippen LogP contribution in [0, 0.1) is 6.92 Å². The van der Waals surface area contributed by atoms with E-state index in [4.69, 9.17) is 0 Å². The molecule has 0 radical (unpaired) electrons. The maximum atomic E-state index is 4.68. The Hall–Kier alpha value is -1.39. The highest BCUT2D eigenvalue weighted by atomic mass is 79.9. The van der Waals surface area contributed by atoms with Gasteiger partial charge in [0.25, 0.3) is 0 Å². The highest BCUT2D eigenvalue weighted by molar-refractivity contribution is 9.10. The number of nitrogens with zero attached hydrogens (tertiary/aromatic N) is 2. The van der Waals surface area contributed by atoms with Crippen molar-refractivity contribution in [2.45, 2.75) is 6.92 Å². The van der Waals surface area contributed by atoms with E-state index in [9.17, 15) is 0 Å². The monoisotopic (exact) mass is 316 g/mol. The average molecular weight is 317 g/mol. The molecule has 0 aliphatic rings. The van der Waals surface area contributed by atoms with E-state index >= 15 is 0 Å². The van der Waals surface area contributed by atoms with Gasteiger partial charge in [0.05, 0.1) is 21.3 Å². The number of para-hydroxylation sites is 2. The fraction of sp³-hybridized carbons (Fsp3) is 0.0714. The zero-order chi connectivity index (χ0) is 12.3. The molecule has 0 unspecified atom stereocenters. The van der Waals surface area contributed by atoms with Crippen molar-refractivity contribution in [1.29, 1.82) is 0 Å². The van der Waals surface area contributed by atoms with E-state index in [1.807, 2.05) is 6.07 Å². The molecule has 2 aromatic carbocycles. The Kier molecular flexibility index (Phi) is 2.08. The number of hydrogen-bond acceptors (Lipinski definition) is 2. The van der Waals surface area contributed by atoms with Crippen molar-refractivity contribution in [3.05, 3.63) is 46.4 Å². The number of imidazole rings is 1. The average Bonchev–Trinajstić information content (AvgIpc) is 2.85. The molecule has 0 N–H and O–H groups in total. The first kappa shape index (κ1) is 10.5. The zero-order valence-corrected chi connectivity index (χ0v) is 12.0. The van der Waals surface area contributed by atoms with Gasteiger partial charge in [-0.15, -0.1) is 0 Å². The van der Waals surface area contributed by atoms with Gasteiger partial charge in [0, 0.05) is 4.47 Å². The number of benzene rings is 2. The second-order valence-corrected chi connectivity index (χ2v) is 6.25. The van der Waals surface area contributed by atoms with Crippen LogP contribution >= 0.6 is 27.3 Å². The van der Waals surface area contributed by atoms with Crippen LogP contribution < -0.4 is 0 Å². The number of thiazole rings is 1. The second kappa shape index (κ2) is 3.56. The van der Waals surface area contributed by atoms with Crippen molar-refractivity contribution >= 4 is 53.5 Å². The van der Waals surface area contributed by atoms with Crippen molar-refractivity contribution in [3.63, 3.8) is 0 Å². The summed E-state index contributed by atoms with van der Waals surface area (Å²) in [6, 6.07) is 12.6. The Labute approximate surface area is 116 Å². The molecule has 0 saturated carbocycles. The van der Waals surface area contributed by atoms with Crippen molar-refractivity contribution in [2.75, 3.05) is 0 Å². The van der Waals surface area contributed by atoms with Crippen LogP contribution in [0.1, 0.15) is 5.56 Å². The van der Waals surface area contributed by atoms with Crippen molar-refractivity contribution in [2.24, 2.45) is 0 Å². The molecule has 0 bridgehead atoms. The Morgan fingerprint density at radius 2 is 2.00 bits per heavy atom. The van der Waals surface area contributed by atoms with Crippen molar-refractivity contribution < 1.29 is 0 Å². The fourth-order valence-electron chi connectivity index (χ4n) is 2.37. The largest absolute Gasteiger partial charge is 0.283 e. The Balaban J connectivity index is 2.33. The molecule has 18 heavy (non-hydrogen) atoms. The molecule has 2 heterocycles. The van der Waals surface area contributed by atoms with Crippen molar-refractivity contribution in [3.8, 4) is 0 Å². The van der Waals surface area contributed by atoms with Crippen LogP contribution in [-0.4, -0.2) is 9.38 Å². The topological polar surface area (TPSA) is 17.3 Å². The van der Waals surface area contributed by atoms with E-state index in [0.717, 1.165) is 15.0 Å². The summed E-state index contributed by atoms with van der Waals surface area (Å²) in [7, 11) is 0. The summed E-state index contributed by atoms with van der Waals surface area (Å²) in [5.74, 6) is 0. The molecular weight excluding hydrogens is 308 g/mol. The molecule has 2 aromatic heterocycles. The van der Waals surface area contributed by atoms with Gasteiger partial charge < -0.3 is 0 Å². The zero-order valence-electron chi connectivity index (χ0n) is 9.64. The summed E-state index contributed by atoms with van der Waals surface area (Å²) in [6.07, 6.45) is 0. The van der Waals surface area contributed by atoms with Gasteiger partial charge in [-0.25, -0.2) is 4.98 Å². The smallest absolute Gasteiger partial charge is 0.195 e. The molecular formula is C14H9BrN2S. The van der Waals surface area contributed by atoms with Gasteiger partial charge in [0.1, 0.15) is 0 Å². The predicted molar refractivity (Wildman–Crippen MR) is 80.5 cm³/mol. The van der Waals surface area contributed by atoms with Gasteiger partial charge in [-0.1, -0.05) is 23.5 Å². The Morgan fingerprint density at radius 3 is 2.89 bits per heavy atom. The van der Waals surface area contributed by atoms with E-state index in [0.29, 0.717) is 0 Å². The van der Waals surface area contributed by atoms with Crippen LogP contribution in [0.2, 0.25) is 0 Å². The summed E-state index contributed by atoms with van der Waals surface area (Å²) >= 11 is 5.37. The number of rotatable bonds is 0. The lowest BCUT2D eigenvalue weighted by atomic mass is 10.2. The lowest BCUT2D eigenvalue weighted by molar-refractivity contribution is 1.33. The SMILES string of the molecule is Cc1cc(Br)c2sc3nc4ccccc4n3c2c1. The number of aromatic nitrogens is 2. The van der Waals surface area contributed by atoms with E-state index in [-0.39, 0.29) is 0 Å². The minimum atomic E-state index is 1.05. The first-order chi connectivity index (χ1) is 8.74. The number of halogens is 1. The van der Waals surface area contributed by atoms with Crippen LogP contribution in [0.5, 0.6) is 0 Å². The van der Waals surface area contributed by atoms with Crippen LogP contribution in [0.15, 0.2) is 40.9 Å². The highest BCUT2D eigenvalue weighted by Crippen LogP contribution is 2.35. The second-order valence-electron chi connectivity index (χ2n) is 4.42. The van der Waals surface area contributed by atoms with Gasteiger partial charge in [-0.05, 0) is 52.7 Å². The summed E-state index contributed by atoms with van der Waals surface area (Å²) in [6.45, 7) is 2.12. The Bertz CT molecular complexity index is 904. The first-order valence-corrected chi connectivity index (χ1v) is 7.31. The maximum Gasteiger partial charge on any atom is 0.195 e. The summed E-state index contributed by atoms with van der Waals surface area (Å²) in [4.78, 5) is 5.74. The minimum absolute atomic E-state index is 1.05. The number of hydrogen-bond donors (Lipinski definition) is 0. The molecule has 0 amide bonds. The molecule has 0 atom stereocenters. The van der Waals surface area contributed by atoms with Crippen LogP contribution in [0.3, 0.4) is 0 Å². The molecule has 2 nitrogen and oxygen atoms in total. The lowest BCUT2D eigenvalue weighted by Gasteiger charge is -1.98. The molecule has 0 saturated heterocycles. The van der Waals surface area contributed by atoms with Crippen LogP contribution in [-0.2, 0) is 0 Å². The molecule has 4 aromatic rings. The molecule has 88 valence electrons. The molecule has 4 rings (SSSR count). The van der Waals surface area contributed by atoms with Gasteiger partial charge >= 0.3 is 0 Å². The van der Waals surface area contributed by atoms with E-state index < -0.39 is 0 Å². The van der Waals surface area contributed by atoms with Gasteiger partial charge in [0.2, 0.25) is 0 Å². The summed E-state index contributed by atoms with van der Waals surface area (Å²) in [5, 5.41) is 0. The molecule has 0 spiro atoms. The molecule has 0 aliphatic heterocycles. The highest BCUT2D eigenvalue weighted by Gasteiger charge is 2.12. The van der Waals surface area contributed by atoms with E-state index in [1.54, 1.807) is 11.3 Å².